The van der Waals surface area contributed by atoms with Crippen LogP contribution >= 0.6 is 22.9 Å². The summed E-state index contributed by atoms with van der Waals surface area (Å²) in [6, 6.07) is 9.07. The largest absolute Gasteiger partial charge is 0.309 e. The van der Waals surface area contributed by atoms with Gasteiger partial charge >= 0.3 is 0 Å². The first-order valence-corrected chi connectivity index (χ1v) is 8.33. The molecule has 2 aromatic rings. The number of halogens is 1. The number of fused-ring (bicyclic) bond motifs is 1. The Balaban J connectivity index is 1.69. The van der Waals surface area contributed by atoms with Gasteiger partial charge in [-0.05, 0) is 24.8 Å². The molecule has 1 heterocycles. The normalized spacial score (nSPS) is 23.9. The van der Waals surface area contributed by atoms with Gasteiger partial charge in [0.1, 0.15) is 0 Å². The number of hydrogen-bond donors (Lipinski definition) is 1. The maximum absolute atomic E-state index is 6.47. The summed E-state index contributed by atoms with van der Waals surface area (Å²) in [4.78, 5) is 1.28. The Morgan fingerprint density at radius 3 is 2.95 bits per heavy atom. The number of nitrogens with one attached hydrogen (secondary N) is 1. The fourth-order valence-electron chi connectivity index (χ4n) is 3.03. The average molecular weight is 294 g/mol. The quantitative estimate of drug-likeness (QED) is 0.818. The molecule has 1 fully saturated rings. The highest BCUT2D eigenvalue weighted by Crippen LogP contribution is 2.35. The van der Waals surface area contributed by atoms with E-state index in [1.807, 2.05) is 11.3 Å². The molecule has 2 atom stereocenters. The van der Waals surface area contributed by atoms with Crippen molar-refractivity contribution in [2.45, 2.75) is 45.2 Å². The topological polar surface area (TPSA) is 12.0 Å². The number of hydrogen-bond acceptors (Lipinski definition) is 2. The maximum Gasteiger partial charge on any atom is 0.0636 e. The second kappa shape index (κ2) is 5.82. The molecule has 0 radical (unpaired) electrons. The summed E-state index contributed by atoms with van der Waals surface area (Å²) >= 11 is 8.29. The molecule has 0 spiro atoms. The number of rotatable bonds is 3. The first-order valence-electron chi connectivity index (χ1n) is 7.13. The first kappa shape index (κ1) is 13.4. The van der Waals surface area contributed by atoms with Crippen LogP contribution in [0.25, 0.3) is 10.1 Å². The van der Waals surface area contributed by atoms with Crippen molar-refractivity contribution in [1.82, 2.24) is 5.32 Å². The lowest BCUT2D eigenvalue weighted by atomic mass is 9.87. The van der Waals surface area contributed by atoms with Gasteiger partial charge in [0.05, 0.1) is 5.02 Å². The molecule has 1 aromatic carbocycles. The van der Waals surface area contributed by atoms with E-state index in [1.54, 1.807) is 0 Å². The van der Waals surface area contributed by atoms with E-state index in [-0.39, 0.29) is 0 Å². The molecular formula is C16H20ClNS. The predicted molar refractivity (Wildman–Crippen MR) is 85.1 cm³/mol. The van der Waals surface area contributed by atoms with E-state index < -0.39 is 0 Å². The SMILES string of the molecule is CC1CCCC(NCc2sc3ccccc3c2Cl)C1. The molecule has 0 aliphatic heterocycles. The van der Waals surface area contributed by atoms with Crippen molar-refractivity contribution in [1.29, 1.82) is 0 Å². The van der Waals surface area contributed by atoms with E-state index in [1.165, 1.54) is 40.6 Å². The molecule has 1 N–H and O–H groups in total. The fourth-order valence-corrected chi connectivity index (χ4v) is 4.49. The van der Waals surface area contributed by atoms with Crippen molar-refractivity contribution in [2.75, 3.05) is 0 Å². The smallest absolute Gasteiger partial charge is 0.0636 e. The van der Waals surface area contributed by atoms with E-state index in [0.717, 1.165) is 17.5 Å². The Morgan fingerprint density at radius 1 is 1.32 bits per heavy atom. The minimum absolute atomic E-state index is 0.671. The number of thiophene rings is 1. The van der Waals surface area contributed by atoms with Crippen LogP contribution in [0.3, 0.4) is 0 Å². The molecule has 2 unspecified atom stereocenters. The van der Waals surface area contributed by atoms with Crippen molar-refractivity contribution in [2.24, 2.45) is 5.92 Å². The fraction of sp³-hybridized carbons (Fsp3) is 0.500. The highest BCUT2D eigenvalue weighted by Gasteiger charge is 2.19. The molecule has 19 heavy (non-hydrogen) atoms. The van der Waals surface area contributed by atoms with Crippen molar-refractivity contribution in [3.05, 3.63) is 34.2 Å². The van der Waals surface area contributed by atoms with Crippen LogP contribution < -0.4 is 5.32 Å². The van der Waals surface area contributed by atoms with Crippen LogP contribution in [0.4, 0.5) is 0 Å². The molecule has 0 amide bonds. The van der Waals surface area contributed by atoms with Gasteiger partial charge in [-0.25, -0.2) is 0 Å². The number of benzene rings is 1. The Hall–Kier alpha value is -0.570. The van der Waals surface area contributed by atoms with Crippen molar-refractivity contribution >= 4 is 33.0 Å². The first-order chi connectivity index (χ1) is 9.24. The molecule has 1 saturated carbocycles. The highest BCUT2D eigenvalue weighted by atomic mass is 35.5. The van der Waals surface area contributed by atoms with E-state index in [9.17, 15) is 0 Å². The summed E-state index contributed by atoms with van der Waals surface area (Å²) in [7, 11) is 0. The Morgan fingerprint density at radius 2 is 2.16 bits per heavy atom. The molecule has 1 aliphatic carbocycles. The summed E-state index contributed by atoms with van der Waals surface area (Å²) < 4.78 is 1.29. The van der Waals surface area contributed by atoms with Crippen molar-refractivity contribution in [3.63, 3.8) is 0 Å². The van der Waals surface area contributed by atoms with Gasteiger partial charge in [0, 0.05) is 27.5 Å². The summed E-state index contributed by atoms with van der Waals surface area (Å²) in [6.07, 6.45) is 5.37. The minimum Gasteiger partial charge on any atom is -0.309 e. The molecule has 0 bridgehead atoms. The molecule has 102 valence electrons. The summed E-state index contributed by atoms with van der Waals surface area (Å²) in [5, 5.41) is 5.83. The lowest BCUT2D eigenvalue weighted by Gasteiger charge is -2.27. The second-order valence-electron chi connectivity index (χ2n) is 5.68. The van der Waals surface area contributed by atoms with Gasteiger partial charge in [0.2, 0.25) is 0 Å². The van der Waals surface area contributed by atoms with Gasteiger partial charge in [-0.3, -0.25) is 0 Å². The van der Waals surface area contributed by atoms with Crippen LogP contribution in [0.1, 0.15) is 37.5 Å². The van der Waals surface area contributed by atoms with Crippen molar-refractivity contribution in [3.8, 4) is 0 Å². The Kier molecular flexibility index (Phi) is 4.11. The van der Waals surface area contributed by atoms with Gasteiger partial charge in [0.25, 0.3) is 0 Å². The van der Waals surface area contributed by atoms with Gasteiger partial charge in [-0.15, -0.1) is 11.3 Å². The molecule has 3 rings (SSSR count). The van der Waals surface area contributed by atoms with Crippen LogP contribution in [-0.2, 0) is 6.54 Å². The van der Waals surface area contributed by atoms with Gasteiger partial charge in [0.15, 0.2) is 0 Å². The summed E-state index contributed by atoms with van der Waals surface area (Å²) in [5.74, 6) is 0.865. The monoisotopic (exact) mass is 293 g/mol. The maximum atomic E-state index is 6.47. The van der Waals surface area contributed by atoms with Crippen LogP contribution in [0.15, 0.2) is 24.3 Å². The average Bonchev–Trinajstić information content (AvgIpc) is 2.74. The molecule has 1 aromatic heterocycles. The van der Waals surface area contributed by atoms with Crippen LogP contribution in [0, 0.1) is 5.92 Å². The Labute approximate surface area is 124 Å². The van der Waals surface area contributed by atoms with E-state index in [4.69, 9.17) is 11.6 Å². The third-order valence-electron chi connectivity index (χ3n) is 4.09. The zero-order chi connectivity index (χ0) is 13.2. The Bertz CT molecular complexity index is 563. The molecule has 1 aliphatic rings. The molecular weight excluding hydrogens is 274 g/mol. The lowest BCUT2D eigenvalue weighted by Crippen LogP contribution is -2.32. The minimum atomic E-state index is 0.671. The van der Waals surface area contributed by atoms with Crippen molar-refractivity contribution < 1.29 is 0 Å². The van der Waals surface area contributed by atoms with Gasteiger partial charge in [-0.1, -0.05) is 49.6 Å². The zero-order valence-corrected chi connectivity index (χ0v) is 12.9. The zero-order valence-electron chi connectivity index (χ0n) is 11.3. The predicted octanol–water partition coefficient (Wildman–Crippen LogP) is 5.22. The van der Waals surface area contributed by atoms with Crippen LogP contribution in [-0.4, -0.2) is 6.04 Å². The molecule has 0 saturated heterocycles. The summed E-state index contributed by atoms with van der Waals surface area (Å²) in [6.45, 7) is 3.27. The van der Waals surface area contributed by atoms with Gasteiger partial charge < -0.3 is 5.32 Å². The highest BCUT2D eigenvalue weighted by molar-refractivity contribution is 7.19. The molecule has 1 nitrogen and oxygen atoms in total. The second-order valence-corrected chi connectivity index (χ2v) is 7.20. The molecule has 3 heteroatoms. The van der Waals surface area contributed by atoms with E-state index in [2.05, 4.69) is 36.5 Å². The summed E-state index contributed by atoms with van der Waals surface area (Å²) in [5.41, 5.74) is 0. The third-order valence-corrected chi connectivity index (χ3v) is 5.80. The van der Waals surface area contributed by atoms with Crippen LogP contribution in [0.5, 0.6) is 0 Å². The van der Waals surface area contributed by atoms with Crippen LogP contribution in [0.2, 0.25) is 5.02 Å². The van der Waals surface area contributed by atoms with E-state index >= 15 is 0 Å². The third kappa shape index (κ3) is 2.96. The van der Waals surface area contributed by atoms with E-state index in [0.29, 0.717) is 6.04 Å². The lowest BCUT2D eigenvalue weighted by molar-refractivity contribution is 0.301. The van der Waals surface area contributed by atoms with Gasteiger partial charge in [-0.2, -0.15) is 0 Å². The standard InChI is InChI=1S/C16H20ClNS/c1-11-5-4-6-12(9-11)18-10-15-16(17)13-7-2-3-8-14(13)19-15/h2-3,7-8,11-12,18H,4-6,9-10H2,1H3.